The van der Waals surface area contributed by atoms with Crippen molar-refractivity contribution in [3.05, 3.63) is 11.6 Å². The lowest BCUT2D eigenvalue weighted by molar-refractivity contribution is -0.145. The van der Waals surface area contributed by atoms with Crippen LogP contribution in [-0.4, -0.2) is 25.7 Å². The van der Waals surface area contributed by atoms with E-state index in [1.54, 1.807) is 13.8 Å². The Morgan fingerprint density at radius 1 is 1.35 bits per heavy atom. The number of carbonyl (C=O) groups is 2. The number of allylic oxidation sites excluding steroid dienone is 1. The highest BCUT2D eigenvalue weighted by molar-refractivity contribution is 5.88. The van der Waals surface area contributed by atoms with Crippen LogP contribution < -0.4 is 0 Å². The summed E-state index contributed by atoms with van der Waals surface area (Å²) in [6.45, 7) is 7.87. The van der Waals surface area contributed by atoms with Gasteiger partial charge in [-0.1, -0.05) is 19.9 Å². The van der Waals surface area contributed by atoms with E-state index in [1.165, 1.54) is 7.11 Å². The van der Waals surface area contributed by atoms with E-state index in [9.17, 15) is 9.59 Å². The van der Waals surface area contributed by atoms with Crippen LogP contribution in [-0.2, 0) is 19.1 Å². The van der Waals surface area contributed by atoms with Gasteiger partial charge in [-0.25, -0.2) is 4.79 Å². The van der Waals surface area contributed by atoms with Crippen LogP contribution in [0.4, 0.5) is 0 Å². The van der Waals surface area contributed by atoms with Crippen molar-refractivity contribution in [2.45, 2.75) is 27.7 Å². The lowest BCUT2D eigenvalue weighted by Crippen LogP contribution is -2.10. The molecule has 4 heteroatoms. The molecule has 96 valence electrons. The number of esters is 2. The predicted molar refractivity (Wildman–Crippen MR) is 63.2 cm³/mol. The molecule has 1 aliphatic carbocycles. The Morgan fingerprint density at radius 2 is 1.94 bits per heavy atom. The number of hydrogen-bond donors (Lipinski definition) is 0. The Balaban J connectivity index is 2.75. The minimum atomic E-state index is -0.352. The Hall–Kier alpha value is -1.32. The Bertz CT molecular complexity index is 354. The van der Waals surface area contributed by atoms with Crippen LogP contribution in [0.5, 0.6) is 0 Å². The van der Waals surface area contributed by atoms with Crippen molar-refractivity contribution >= 4 is 11.9 Å². The summed E-state index contributed by atoms with van der Waals surface area (Å²) in [5.41, 5.74) is 0.402. The lowest BCUT2D eigenvalue weighted by Gasteiger charge is -2.01. The third-order valence-electron chi connectivity index (χ3n) is 3.39. The second-order valence-corrected chi connectivity index (χ2v) is 4.92. The monoisotopic (exact) mass is 240 g/mol. The first-order valence-corrected chi connectivity index (χ1v) is 5.79. The van der Waals surface area contributed by atoms with E-state index in [0.717, 1.165) is 0 Å². The highest BCUT2D eigenvalue weighted by Crippen LogP contribution is 2.59. The van der Waals surface area contributed by atoms with Gasteiger partial charge in [0, 0.05) is 5.57 Å². The summed E-state index contributed by atoms with van der Waals surface area (Å²) < 4.78 is 9.64. The third-order valence-corrected chi connectivity index (χ3v) is 3.39. The van der Waals surface area contributed by atoms with Gasteiger partial charge >= 0.3 is 11.9 Å². The first kappa shape index (κ1) is 13.7. The molecule has 1 rings (SSSR count). The molecule has 0 bridgehead atoms. The van der Waals surface area contributed by atoms with Crippen molar-refractivity contribution in [3.8, 4) is 0 Å². The minimum Gasteiger partial charge on any atom is -0.466 e. The van der Waals surface area contributed by atoms with E-state index in [1.807, 2.05) is 19.9 Å². The van der Waals surface area contributed by atoms with Gasteiger partial charge in [-0.2, -0.15) is 0 Å². The standard InChI is InChI=1S/C13H20O4/c1-6-17-12(15)10-9(13(10,3)4)7-8(2)11(14)16-5/h7,9-10H,6H2,1-5H3. The van der Waals surface area contributed by atoms with Gasteiger partial charge in [-0.3, -0.25) is 4.79 Å². The molecular formula is C13H20O4. The molecular weight excluding hydrogens is 220 g/mol. The summed E-state index contributed by atoms with van der Waals surface area (Å²) in [7, 11) is 1.35. The number of carbonyl (C=O) groups excluding carboxylic acids is 2. The molecule has 0 radical (unpaired) electrons. The quantitative estimate of drug-likeness (QED) is 0.556. The normalized spacial score (nSPS) is 26.3. The molecule has 0 aromatic rings. The van der Waals surface area contributed by atoms with Gasteiger partial charge in [0.05, 0.1) is 19.6 Å². The Kier molecular flexibility index (Phi) is 3.96. The number of ether oxygens (including phenoxy) is 2. The maximum absolute atomic E-state index is 11.7. The first-order chi connectivity index (χ1) is 7.86. The summed E-state index contributed by atoms with van der Waals surface area (Å²) in [6, 6.07) is 0. The summed E-state index contributed by atoms with van der Waals surface area (Å²) in [6.07, 6.45) is 1.81. The number of methoxy groups -OCH3 is 1. The van der Waals surface area contributed by atoms with Gasteiger partial charge in [0.15, 0.2) is 0 Å². The largest absolute Gasteiger partial charge is 0.466 e. The topological polar surface area (TPSA) is 52.6 Å². The van der Waals surface area contributed by atoms with Gasteiger partial charge in [-0.05, 0) is 25.2 Å². The molecule has 1 saturated carbocycles. The Labute approximate surface area is 102 Å². The van der Waals surface area contributed by atoms with Crippen LogP contribution in [0.3, 0.4) is 0 Å². The number of rotatable bonds is 4. The smallest absolute Gasteiger partial charge is 0.333 e. The summed E-state index contributed by atoms with van der Waals surface area (Å²) >= 11 is 0. The number of hydrogen-bond acceptors (Lipinski definition) is 4. The van der Waals surface area contributed by atoms with Crippen LogP contribution in [0.25, 0.3) is 0 Å². The van der Waals surface area contributed by atoms with Crippen LogP contribution in [0.1, 0.15) is 27.7 Å². The molecule has 2 unspecified atom stereocenters. The molecule has 0 N–H and O–H groups in total. The van der Waals surface area contributed by atoms with Crippen LogP contribution >= 0.6 is 0 Å². The minimum absolute atomic E-state index is 0.0562. The third kappa shape index (κ3) is 2.68. The highest BCUT2D eigenvalue weighted by Gasteiger charge is 2.61. The molecule has 2 atom stereocenters. The first-order valence-electron chi connectivity index (χ1n) is 5.79. The molecule has 0 heterocycles. The molecule has 0 saturated heterocycles. The van der Waals surface area contributed by atoms with E-state index in [4.69, 9.17) is 4.74 Å². The zero-order valence-corrected chi connectivity index (χ0v) is 11.1. The summed E-state index contributed by atoms with van der Waals surface area (Å²) in [4.78, 5) is 23.0. The molecule has 1 fully saturated rings. The highest BCUT2D eigenvalue weighted by atomic mass is 16.5. The maximum Gasteiger partial charge on any atom is 0.333 e. The fraction of sp³-hybridized carbons (Fsp3) is 0.692. The molecule has 0 aromatic carbocycles. The van der Waals surface area contributed by atoms with Crippen molar-refractivity contribution in [2.24, 2.45) is 17.3 Å². The van der Waals surface area contributed by atoms with Crippen molar-refractivity contribution < 1.29 is 19.1 Å². The van der Waals surface area contributed by atoms with Gasteiger partial charge in [0.2, 0.25) is 0 Å². The van der Waals surface area contributed by atoms with Crippen LogP contribution in [0.2, 0.25) is 0 Å². The molecule has 0 aliphatic heterocycles. The zero-order valence-electron chi connectivity index (χ0n) is 11.1. The second kappa shape index (κ2) is 4.90. The van der Waals surface area contributed by atoms with Crippen molar-refractivity contribution in [1.29, 1.82) is 0 Å². The lowest BCUT2D eigenvalue weighted by atomic mass is 10.1. The average Bonchev–Trinajstić information content (AvgIpc) is 2.79. The average molecular weight is 240 g/mol. The fourth-order valence-electron chi connectivity index (χ4n) is 2.17. The van der Waals surface area contributed by atoms with Crippen LogP contribution in [0, 0.1) is 17.3 Å². The molecule has 17 heavy (non-hydrogen) atoms. The molecule has 4 nitrogen and oxygen atoms in total. The van der Waals surface area contributed by atoms with Gasteiger partial charge in [-0.15, -0.1) is 0 Å². The second-order valence-electron chi connectivity index (χ2n) is 4.92. The van der Waals surface area contributed by atoms with Crippen molar-refractivity contribution in [1.82, 2.24) is 0 Å². The van der Waals surface area contributed by atoms with Gasteiger partial charge in [0.1, 0.15) is 0 Å². The van der Waals surface area contributed by atoms with E-state index in [0.29, 0.717) is 12.2 Å². The molecule has 0 spiro atoms. The maximum atomic E-state index is 11.7. The van der Waals surface area contributed by atoms with Gasteiger partial charge < -0.3 is 9.47 Å². The van der Waals surface area contributed by atoms with E-state index >= 15 is 0 Å². The van der Waals surface area contributed by atoms with Crippen LogP contribution in [0.15, 0.2) is 11.6 Å². The van der Waals surface area contributed by atoms with E-state index < -0.39 is 0 Å². The predicted octanol–water partition coefficient (Wildman–Crippen LogP) is 1.94. The zero-order chi connectivity index (χ0) is 13.2. The summed E-state index contributed by atoms with van der Waals surface area (Å²) in [5.74, 6) is -0.630. The summed E-state index contributed by atoms with van der Waals surface area (Å²) in [5, 5.41) is 0. The van der Waals surface area contributed by atoms with Gasteiger partial charge in [0.25, 0.3) is 0 Å². The van der Waals surface area contributed by atoms with E-state index in [-0.39, 0.29) is 29.2 Å². The molecule has 0 amide bonds. The molecule has 0 aromatic heterocycles. The fourth-order valence-corrected chi connectivity index (χ4v) is 2.17. The van der Waals surface area contributed by atoms with Crippen molar-refractivity contribution in [3.63, 3.8) is 0 Å². The SMILES string of the molecule is CCOC(=O)C1C(C=C(C)C(=O)OC)C1(C)C. The van der Waals surface area contributed by atoms with E-state index in [2.05, 4.69) is 4.74 Å². The Morgan fingerprint density at radius 3 is 2.41 bits per heavy atom. The molecule has 1 aliphatic rings. The van der Waals surface area contributed by atoms with Crippen molar-refractivity contribution in [2.75, 3.05) is 13.7 Å².